The number of nitrogens with one attached hydrogen (secondary N) is 1. The summed E-state index contributed by atoms with van der Waals surface area (Å²) in [4.78, 5) is 48.2. The first-order valence-corrected chi connectivity index (χ1v) is 18.5. The van der Waals surface area contributed by atoms with Gasteiger partial charge < -0.3 is 19.2 Å². The van der Waals surface area contributed by atoms with E-state index in [4.69, 9.17) is 39.9 Å². The van der Waals surface area contributed by atoms with Gasteiger partial charge in [0.2, 0.25) is 5.95 Å². The Labute approximate surface area is 346 Å². The van der Waals surface area contributed by atoms with Crippen LogP contribution in [0.5, 0.6) is 0 Å². The predicted molar refractivity (Wildman–Crippen MR) is 227 cm³/mol. The molecule has 0 unspecified atom stereocenters. The molecule has 0 aliphatic heterocycles. The Morgan fingerprint density at radius 3 is 1.48 bits per heavy atom. The number of aromatic amines is 1. The lowest BCUT2D eigenvalue weighted by molar-refractivity contribution is 0.0696. The maximum absolute atomic E-state index is 11.9. The molecule has 14 heteroatoms. The topological polar surface area (TPSA) is 136 Å². The molecular formula is C44H32Cl3FN6O4. The van der Waals surface area contributed by atoms with E-state index in [1.165, 1.54) is 18.3 Å². The van der Waals surface area contributed by atoms with Gasteiger partial charge in [0.25, 0.3) is 0 Å². The average molecular weight is 834 g/mol. The highest BCUT2D eigenvalue weighted by Crippen LogP contribution is 2.23. The van der Waals surface area contributed by atoms with Crippen LogP contribution in [0.4, 0.5) is 4.39 Å². The number of fused-ring (bicyclic) bond motifs is 3. The van der Waals surface area contributed by atoms with Crippen LogP contribution >= 0.6 is 34.8 Å². The third-order valence-corrected chi connectivity index (χ3v) is 9.27. The number of H-pyrrole nitrogens is 1. The van der Waals surface area contributed by atoms with Gasteiger partial charge in [-0.25, -0.2) is 19.7 Å². The molecule has 2 N–H and O–H groups in total. The first-order chi connectivity index (χ1) is 27.9. The van der Waals surface area contributed by atoms with Crippen molar-refractivity contribution in [3.05, 3.63) is 184 Å². The quantitative estimate of drug-likeness (QED) is 0.130. The Morgan fingerprint density at radius 2 is 1.03 bits per heavy atom. The van der Waals surface area contributed by atoms with Crippen LogP contribution in [-0.2, 0) is 0 Å². The van der Waals surface area contributed by atoms with Crippen LogP contribution in [0.1, 0.15) is 44.9 Å². The number of hydrogen-bond acceptors (Lipinski definition) is 6. The summed E-state index contributed by atoms with van der Waals surface area (Å²) in [6.07, 6.45) is 10.1. The third-order valence-electron chi connectivity index (χ3n) is 8.60. The van der Waals surface area contributed by atoms with Gasteiger partial charge in [0.05, 0.1) is 31.7 Å². The van der Waals surface area contributed by atoms with E-state index in [1.54, 1.807) is 56.6 Å². The zero-order valence-electron chi connectivity index (χ0n) is 30.8. The molecule has 0 bridgehead atoms. The molecule has 0 atom stereocenters. The van der Waals surface area contributed by atoms with E-state index >= 15 is 0 Å². The molecule has 0 saturated carbocycles. The summed E-state index contributed by atoms with van der Waals surface area (Å²) in [6.45, 7) is 3.15. The molecule has 290 valence electrons. The third kappa shape index (κ3) is 10.2. The Bertz CT molecular complexity index is 2720. The Kier molecular flexibility index (Phi) is 13.1. The number of carboxylic acids is 1. The van der Waals surface area contributed by atoms with E-state index in [-0.39, 0.29) is 17.1 Å². The molecule has 0 radical (unpaired) electrons. The molecule has 0 saturated heterocycles. The minimum atomic E-state index is -0.931. The lowest BCUT2D eigenvalue weighted by atomic mass is 10.1. The van der Waals surface area contributed by atoms with Crippen molar-refractivity contribution in [3.63, 3.8) is 0 Å². The molecule has 0 spiro atoms. The zero-order valence-corrected chi connectivity index (χ0v) is 33.0. The number of carbonyl (C=O) groups is 3. The van der Waals surface area contributed by atoms with Crippen molar-refractivity contribution in [2.24, 2.45) is 0 Å². The fourth-order valence-electron chi connectivity index (χ4n) is 5.69. The van der Waals surface area contributed by atoms with E-state index in [9.17, 15) is 18.8 Å². The first-order valence-electron chi connectivity index (χ1n) is 17.4. The van der Waals surface area contributed by atoms with Crippen molar-refractivity contribution < 1.29 is 23.9 Å². The van der Waals surface area contributed by atoms with Crippen LogP contribution < -0.4 is 0 Å². The summed E-state index contributed by atoms with van der Waals surface area (Å²) in [7, 11) is 0. The van der Waals surface area contributed by atoms with Crippen molar-refractivity contribution in [2.75, 3.05) is 0 Å². The minimum Gasteiger partial charge on any atom is -0.478 e. The molecule has 6 heterocycles. The largest absolute Gasteiger partial charge is 0.478 e. The number of halogens is 4. The highest BCUT2D eigenvalue weighted by Gasteiger charge is 2.09. The van der Waals surface area contributed by atoms with Crippen molar-refractivity contribution in [3.8, 4) is 11.6 Å². The lowest BCUT2D eigenvalue weighted by Crippen LogP contribution is -1.97. The molecule has 9 rings (SSSR count). The summed E-state index contributed by atoms with van der Waals surface area (Å²) >= 11 is 17.0. The summed E-state index contributed by atoms with van der Waals surface area (Å²) in [5.41, 5.74) is 4.74. The molecular weight excluding hydrogens is 802 g/mol. The minimum absolute atomic E-state index is 0.0688. The van der Waals surface area contributed by atoms with Crippen molar-refractivity contribution >= 4 is 85.0 Å². The zero-order chi connectivity index (χ0) is 41.3. The van der Waals surface area contributed by atoms with E-state index in [2.05, 4.69) is 19.9 Å². The number of aromatic carboxylic acids is 1. The number of Topliss-reactive ketones (excluding diaryl/α,β-unsaturated/α-hetero) is 2. The van der Waals surface area contributed by atoms with Gasteiger partial charge in [-0.2, -0.15) is 4.39 Å². The van der Waals surface area contributed by atoms with Crippen LogP contribution in [0.25, 0.3) is 44.3 Å². The SMILES string of the molecule is CC(=O)c1ccc2[nH]ccc2c1.CC(=O)c1ccc2c(ccn2-c2ccc(Cl)cn2)c1.Fc1ccc(Cl)cn1.O=C(O)c1ccc2c(ccn2-c2ccc(Cl)cn2)c1. The van der Waals surface area contributed by atoms with E-state index in [0.717, 1.165) is 49.9 Å². The van der Waals surface area contributed by atoms with E-state index in [0.29, 0.717) is 20.6 Å². The second-order valence-corrected chi connectivity index (χ2v) is 13.9. The Balaban J connectivity index is 0.000000137. The van der Waals surface area contributed by atoms with Crippen LogP contribution in [0.15, 0.2) is 146 Å². The first kappa shape index (κ1) is 41.0. The molecule has 0 aliphatic rings. The summed E-state index contributed by atoms with van der Waals surface area (Å²) < 4.78 is 15.8. The molecule has 9 aromatic rings. The summed E-state index contributed by atoms with van der Waals surface area (Å²) in [6, 6.07) is 32.0. The number of aromatic nitrogens is 6. The fraction of sp³-hybridized carbons (Fsp3) is 0.0455. The highest BCUT2D eigenvalue weighted by atomic mass is 35.5. The maximum Gasteiger partial charge on any atom is 0.335 e. The van der Waals surface area contributed by atoms with Crippen molar-refractivity contribution in [1.29, 1.82) is 0 Å². The highest BCUT2D eigenvalue weighted by molar-refractivity contribution is 6.31. The number of carboxylic acid groups (broad SMARTS) is 1. The standard InChI is InChI=1S/C15H11ClN2O.C14H9ClN2O2.C10H9NO.C5H3ClFN/c1-10(19)11-2-4-14-12(8-11)6-7-18(14)15-5-3-13(16)9-17-15;15-11-2-4-13(16-8-11)17-6-5-9-7-10(14(18)19)1-3-12(9)17;1-7(12)8-2-3-10-9(6-8)4-5-11-10;6-4-1-2-5(7)8-3-4/h2-9H,1H3;1-8H,(H,18,19);2-6,11H,1H3;1-3H. The summed E-state index contributed by atoms with van der Waals surface area (Å²) in [5.74, 6) is 0.281. The van der Waals surface area contributed by atoms with Crippen LogP contribution in [0.3, 0.4) is 0 Å². The molecule has 0 aliphatic carbocycles. The molecule has 0 amide bonds. The Morgan fingerprint density at radius 1 is 0.569 bits per heavy atom. The van der Waals surface area contributed by atoms with Gasteiger partial charge in [-0.1, -0.05) is 34.8 Å². The molecule has 10 nitrogen and oxygen atoms in total. The van der Waals surface area contributed by atoms with Crippen molar-refractivity contribution in [1.82, 2.24) is 29.1 Å². The van der Waals surface area contributed by atoms with Gasteiger partial charge in [-0.3, -0.25) is 9.59 Å². The number of rotatable bonds is 5. The maximum atomic E-state index is 11.9. The van der Waals surface area contributed by atoms with Crippen LogP contribution in [-0.4, -0.2) is 51.7 Å². The van der Waals surface area contributed by atoms with Gasteiger partial charge in [0.15, 0.2) is 11.6 Å². The smallest absolute Gasteiger partial charge is 0.335 e. The lowest BCUT2D eigenvalue weighted by Gasteiger charge is -2.04. The number of ketones is 2. The fourth-order valence-corrected chi connectivity index (χ4v) is 6.02. The van der Waals surface area contributed by atoms with E-state index < -0.39 is 11.9 Å². The molecule has 0 fully saturated rings. The summed E-state index contributed by atoms with van der Waals surface area (Å²) in [5, 5.41) is 13.6. The normalized spacial score (nSPS) is 10.5. The number of hydrogen-bond donors (Lipinski definition) is 2. The molecule has 58 heavy (non-hydrogen) atoms. The number of nitrogens with zero attached hydrogens (tertiary/aromatic N) is 5. The van der Waals surface area contributed by atoms with E-state index in [1.807, 2.05) is 94.5 Å². The van der Waals surface area contributed by atoms with Crippen LogP contribution in [0, 0.1) is 5.95 Å². The predicted octanol–water partition coefficient (Wildman–Crippen LogP) is 11.5. The molecule has 3 aromatic carbocycles. The monoisotopic (exact) mass is 832 g/mol. The van der Waals surface area contributed by atoms with Gasteiger partial charge in [0.1, 0.15) is 11.6 Å². The molecule has 6 aromatic heterocycles. The average Bonchev–Trinajstić information content (AvgIpc) is 3.98. The van der Waals surface area contributed by atoms with Gasteiger partial charge >= 0.3 is 5.97 Å². The number of carbonyl (C=O) groups excluding carboxylic acids is 2. The van der Waals surface area contributed by atoms with Gasteiger partial charge in [-0.05, 0) is 123 Å². The second kappa shape index (κ2) is 18.5. The van der Waals surface area contributed by atoms with Crippen molar-refractivity contribution in [2.45, 2.75) is 13.8 Å². The Hall–Kier alpha value is -6.66. The van der Waals surface area contributed by atoms with Crippen LogP contribution in [0.2, 0.25) is 15.1 Å². The number of benzene rings is 3. The van der Waals surface area contributed by atoms with Gasteiger partial charge in [-0.15, -0.1) is 0 Å². The second-order valence-electron chi connectivity index (χ2n) is 12.6. The number of pyridine rings is 3. The van der Waals surface area contributed by atoms with Gasteiger partial charge in [0, 0.05) is 70.0 Å².